The number of nitrogens with zero attached hydrogens (tertiary/aromatic N) is 1. The molecule has 1 heterocycles. The minimum atomic E-state index is 0.682. The van der Waals surface area contributed by atoms with Crippen LogP contribution in [0.1, 0.15) is 18.4 Å². The van der Waals surface area contributed by atoms with Crippen LogP contribution < -0.4 is 10.1 Å². The molecule has 0 saturated heterocycles. The second-order valence-corrected chi connectivity index (χ2v) is 5.74. The summed E-state index contributed by atoms with van der Waals surface area (Å²) in [6.07, 6.45) is 8.28. The van der Waals surface area contributed by atoms with Gasteiger partial charge in [-0.1, -0.05) is 12.1 Å². The summed E-state index contributed by atoms with van der Waals surface area (Å²) in [5, 5.41) is 3.50. The highest BCUT2D eigenvalue weighted by molar-refractivity contribution is 7.98. The van der Waals surface area contributed by atoms with Crippen LogP contribution in [-0.4, -0.2) is 17.3 Å². The molecule has 0 radical (unpaired) electrons. The van der Waals surface area contributed by atoms with Crippen molar-refractivity contribution < 1.29 is 4.74 Å². The number of para-hydroxylation sites is 1. The molecule has 1 saturated carbocycles. The molecular weight excluding hydrogens is 268 g/mol. The molecule has 0 unspecified atom stereocenters. The Bertz CT molecular complexity index is 584. The van der Waals surface area contributed by atoms with E-state index in [1.807, 2.05) is 30.5 Å². The molecule has 20 heavy (non-hydrogen) atoms. The first-order valence-corrected chi connectivity index (χ1v) is 8.06. The van der Waals surface area contributed by atoms with Gasteiger partial charge in [-0.15, -0.1) is 11.8 Å². The van der Waals surface area contributed by atoms with Gasteiger partial charge in [-0.2, -0.15) is 0 Å². The maximum absolute atomic E-state index is 6.08. The van der Waals surface area contributed by atoms with Crippen molar-refractivity contribution in [1.82, 2.24) is 10.3 Å². The normalized spacial score (nSPS) is 14.2. The lowest BCUT2D eigenvalue weighted by Gasteiger charge is -2.13. The Morgan fingerprint density at radius 3 is 2.90 bits per heavy atom. The molecule has 1 aromatic carbocycles. The molecule has 0 amide bonds. The Hall–Kier alpha value is -1.52. The number of thioether (sulfide) groups is 1. The van der Waals surface area contributed by atoms with E-state index in [1.165, 1.54) is 12.8 Å². The largest absolute Gasteiger partial charge is 0.456 e. The van der Waals surface area contributed by atoms with Gasteiger partial charge in [0, 0.05) is 35.4 Å². The maximum Gasteiger partial charge on any atom is 0.140 e. The van der Waals surface area contributed by atoms with Gasteiger partial charge in [0.05, 0.1) is 0 Å². The van der Waals surface area contributed by atoms with Gasteiger partial charge in [-0.05, 0) is 37.3 Å². The van der Waals surface area contributed by atoms with Crippen molar-refractivity contribution in [2.75, 3.05) is 6.26 Å². The van der Waals surface area contributed by atoms with Crippen molar-refractivity contribution in [3.8, 4) is 11.5 Å². The second kappa shape index (κ2) is 6.29. The van der Waals surface area contributed by atoms with Gasteiger partial charge in [-0.25, -0.2) is 0 Å². The molecule has 1 fully saturated rings. The number of benzene rings is 1. The Morgan fingerprint density at radius 1 is 1.25 bits per heavy atom. The monoisotopic (exact) mass is 286 g/mol. The van der Waals surface area contributed by atoms with Gasteiger partial charge in [-0.3, -0.25) is 4.98 Å². The summed E-state index contributed by atoms with van der Waals surface area (Å²) in [5.41, 5.74) is 1.11. The fraction of sp³-hybridized carbons (Fsp3) is 0.312. The van der Waals surface area contributed by atoms with Crippen molar-refractivity contribution >= 4 is 11.8 Å². The summed E-state index contributed by atoms with van der Waals surface area (Å²) in [6.45, 7) is 0.815. The van der Waals surface area contributed by atoms with Crippen LogP contribution in [0.15, 0.2) is 47.6 Å². The first-order valence-electron chi connectivity index (χ1n) is 6.84. The third kappa shape index (κ3) is 3.32. The second-order valence-electron chi connectivity index (χ2n) is 4.89. The van der Waals surface area contributed by atoms with Crippen molar-refractivity contribution in [3.63, 3.8) is 0 Å². The maximum atomic E-state index is 6.08. The summed E-state index contributed by atoms with van der Waals surface area (Å²) in [5.74, 6) is 1.79. The number of pyridine rings is 1. The number of hydrogen-bond acceptors (Lipinski definition) is 4. The average Bonchev–Trinajstić information content (AvgIpc) is 3.31. The van der Waals surface area contributed by atoms with Crippen LogP contribution in [0.3, 0.4) is 0 Å². The summed E-state index contributed by atoms with van der Waals surface area (Å²) < 4.78 is 6.08. The van der Waals surface area contributed by atoms with Gasteiger partial charge >= 0.3 is 0 Å². The molecule has 1 aliphatic rings. The highest BCUT2D eigenvalue weighted by atomic mass is 32.2. The number of rotatable bonds is 6. The minimum absolute atomic E-state index is 0.682. The quantitative estimate of drug-likeness (QED) is 0.818. The summed E-state index contributed by atoms with van der Waals surface area (Å²) >= 11 is 1.69. The fourth-order valence-electron chi connectivity index (χ4n) is 2.01. The van der Waals surface area contributed by atoms with Crippen molar-refractivity contribution in [3.05, 3.63) is 48.3 Å². The van der Waals surface area contributed by atoms with E-state index in [2.05, 4.69) is 22.6 Å². The third-order valence-corrected chi connectivity index (χ3v) is 4.08. The van der Waals surface area contributed by atoms with Crippen molar-refractivity contribution in [1.29, 1.82) is 0 Å². The smallest absolute Gasteiger partial charge is 0.140 e. The van der Waals surface area contributed by atoms with Gasteiger partial charge in [0.15, 0.2) is 0 Å². The third-order valence-electron chi connectivity index (χ3n) is 3.31. The summed E-state index contributed by atoms with van der Waals surface area (Å²) in [7, 11) is 0. The predicted molar refractivity (Wildman–Crippen MR) is 82.4 cm³/mol. The molecule has 0 atom stereocenters. The van der Waals surface area contributed by atoms with E-state index >= 15 is 0 Å². The van der Waals surface area contributed by atoms with E-state index < -0.39 is 0 Å². The van der Waals surface area contributed by atoms with Crippen molar-refractivity contribution in [2.45, 2.75) is 30.3 Å². The summed E-state index contributed by atoms with van der Waals surface area (Å²) in [6, 6.07) is 10.7. The molecule has 104 valence electrons. The Kier molecular flexibility index (Phi) is 4.23. The van der Waals surface area contributed by atoms with Gasteiger partial charge < -0.3 is 10.1 Å². The first kappa shape index (κ1) is 13.5. The molecule has 4 heteroatoms. The van der Waals surface area contributed by atoms with E-state index in [4.69, 9.17) is 4.74 Å². The first-order chi connectivity index (χ1) is 9.86. The van der Waals surface area contributed by atoms with Crippen LogP contribution in [0.2, 0.25) is 0 Å². The van der Waals surface area contributed by atoms with E-state index in [1.54, 1.807) is 18.0 Å². The number of aromatic nitrogens is 1. The molecule has 0 bridgehead atoms. The number of nitrogens with one attached hydrogen (secondary N) is 1. The van der Waals surface area contributed by atoms with E-state index in [0.717, 1.165) is 28.5 Å². The molecule has 3 rings (SSSR count). The molecule has 2 aromatic rings. The van der Waals surface area contributed by atoms with Crippen molar-refractivity contribution in [2.24, 2.45) is 0 Å². The lowest BCUT2D eigenvalue weighted by Crippen LogP contribution is -2.15. The summed E-state index contributed by atoms with van der Waals surface area (Å²) in [4.78, 5) is 5.35. The van der Waals surface area contributed by atoms with Crippen LogP contribution >= 0.6 is 11.8 Å². The predicted octanol–water partition coefficient (Wildman–Crippen LogP) is 3.85. The lowest BCUT2D eigenvalue weighted by atomic mass is 10.2. The Balaban J connectivity index is 1.78. The number of ether oxygens (including phenoxy) is 1. The van der Waals surface area contributed by atoms with E-state index in [-0.39, 0.29) is 0 Å². The molecule has 3 nitrogen and oxygen atoms in total. The Morgan fingerprint density at radius 2 is 2.10 bits per heavy atom. The molecular formula is C16H18N2OS. The van der Waals surface area contributed by atoms with Crippen LogP contribution in [0, 0.1) is 0 Å². The van der Waals surface area contributed by atoms with Gasteiger partial charge in [0.2, 0.25) is 0 Å². The highest BCUT2D eigenvalue weighted by Crippen LogP contribution is 2.32. The van der Waals surface area contributed by atoms with Gasteiger partial charge in [0.1, 0.15) is 11.5 Å². The van der Waals surface area contributed by atoms with Crippen LogP contribution in [0.4, 0.5) is 0 Å². The zero-order valence-corrected chi connectivity index (χ0v) is 12.3. The molecule has 1 N–H and O–H groups in total. The molecule has 0 spiro atoms. The standard InChI is InChI=1S/C16H18N2OS/c1-20-16-5-3-2-4-15(16)19-14-8-9-17-10-12(14)11-18-13-6-7-13/h2-5,8-10,13,18H,6-7,11H2,1H3. The highest BCUT2D eigenvalue weighted by Gasteiger charge is 2.20. The Labute approximate surface area is 123 Å². The van der Waals surface area contributed by atoms with Gasteiger partial charge in [0.25, 0.3) is 0 Å². The fourth-order valence-corrected chi connectivity index (χ4v) is 2.54. The molecule has 1 aromatic heterocycles. The lowest BCUT2D eigenvalue weighted by molar-refractivity contribution is 0.461. The molecule has 1 aliphatic carbocycles. The van der Waals surface area contributed by atoms with E-state index in [0.29, 0.717) is 6.04 Å². The van der Waals surface area contributed by atoms with E-state index in [9.17, 15) is 0 Å². The van der Waals surface area contributed by atoms with Crippen LogP contribution in [-0.2, 0) is 6.54 Å². The molecule has 0 aliphatic heterocycles. The zero-order chi connectivity index (χ0) is 13.8. The van der Waals surface area contributed by atoms with Crippen LogP contribution in [0.25, 0.3) is 0 Å². The topological polar surface area (TPSA) is 34.1 Å². The SMILES string of the molecule is CSc1ccccc1Oc1ccncc1CNC1CC1. The minimum Gasteiger partial charge on any atom is -0.456 e. The number of hydrogen-bond donors (Lipinski definition) is 1. The van der Waals surface area contributed by atoms with Crippen LogP contribution in [0.5, 0.6) is 11.5 Å². The zero-order valence-electron chi connectivity index (χ0n) is 11.5. The average molecular weight is 286 g/mol.